The molecule has 2 saturated carbocycles. The van der Waals surface area contributed by atoms with Gasteiger partial charge in [-0.15, -0.1) is 34.5 Å². The zero-order valence-corrected chi connectivity index (χ0v) is 24.0. The van der Waals surface area contributed by atoms with Gasteiger partial charge < -0.3 is 4.74 Å². The van der Waals surface area contributed by atoms with Crippen molar-refractivity contribution < 1.29 is 9.53 Å². The quantitative estimate of drug-likeness (QED) is 0.350. The summed E-state index contributed by atoms with van der Waals surface area (Å²) in [5.41, 5.74) is -0.362. The highest BCUT2D eigenvalue weighted by Gasteiger charge is 2.48. The Labute approximate surface area is 231 Å². The Hall–Kier alpha value is -1.71. The molecule has 0 aliphatic heterocycles. The molecule has 0 spiro atoms. The number of thiazole rings is 1. The lowest BCUT2D eigenvalue weighted by atomic mass is 9.69. The molecule has 0 radical (unpaired) electrons. The minimum Gasteiger partial charge on any atom is -0.466 e. The van der Waals surface area contributed by atoms with Crippen LogP contribution in [0, 0.1) is 5.92 Å². The molecule has 8 nitrogen and oxygen atoms in total. The van der Waals surface area contributed by atoms with Crippen molar-refractivity contribution in [1.29, 1.82) is 0 Å². The molecule has 37 heavy (non-hydrogen) atoms. The van der Waals surface area contributed by atoms with Gasteiger partial charge in [0.05, 0.1) is 29.8 Å². The van der Waals surface area contributed by atoms with E-state index in [0.717, 1.165) is 34.6 Å². The molecule has 2 aliphatic carbocycles. The minimum absolute atomic E-state index is 0.0891. The first-order chi connectivity index (χ1) is 17.6. The average Bonchev–Trinajstić information content (AvgIpc) is 3.28. The van der Waals surface area contributed by atoms with Crippen LogP contribution in [0.1, 0.15) is 99.7 Å². The average molecular weight is 572 g/mol. The molecule has 2 aromatic heterocycles. The van der Waals surface area contributed by atoms with Gasteiger partial charge in [-0.2, -0.15) is 5.10 Å². The van der Waals surface area contributed by atoms with Crippen LogP contribution in [0.2, 0.25) is 0 Å². The van der Waals surface area contributed by atoms with E-state index in [4.69, 9.17) is 32.9 Å². The summed E-state index contributed by atoms with van der Waals surface area (Å²) < 4.78 is 6.45. The van der Waals surface area contributed by atoms with Crippen LogP contribution in [0.25, 0.3) is 0 Å². The zero-order chi connectivity index (χ0) is 26.7. The van der Waals surface area contributed by atoms with E-state index >= 15 is 0 Å². The van der Waals surface area contributed by atoms with Crippen molar-refractivity contribution in [1.82, 2.24) is 19.7 Å². The summed E-state index contributed by atoms with van der Waals surface area (Å²) in [6.45, 7) is 6.49. The number of carbonyl (C=O) groups excluding carboxylic acids is 1. The van der Waals surface area contributed by atoms with Gasteiger partial charge in [-0.25, -0.2) is 14.5 Å². The molecule has 2 unspecified atom stereocenters. The van der Waals surface area contributed by atoms with Crippen LogP contribution in [0.15, 0.2) is 15.8 Å². The number of aryl methyl sites for hydroxylation is 1. The van der Waals surface area contributed by atoms with Crippen LogP contribution >= 0.6 is 34.5 Å². The Balaban J connectivity index is 1.59. The molecule has 4 rings (SSSR count). The van der Waals surface area contributed by atoms with Gasteiger partial charge in [0.1, 0.15) is 6.20 Å². The third-order valence-electron chi connectivity index (χ3n) is 7.82. The number of ether oxygens (including phenoxy) is 1. The van der Waals surface area contributed by atoms with E-state index in [-0.39, 0.29) is 28.7 Å². The molecule has 0 bridgehead atoms. The minimum atomic E-state index is -0.550. The highest BCUT2D eigenvalue weighted by Crippen LogP contribution is 2.49. The summed E-state index contributed by atoms with van der Waals surface area (Å²) in [5.74, 6) is 0.144. The van der Waals surface area contributed by atoms with Crippen LogP contribution in [0.4, 0.5) is 0 Å². The van der Waals surface area contributed by atoms with Crippen LogP contribution in [-0.4, -0.2) is 43.1 Å². The van der Waals surface area contributed by atoms with E-state index in [2.05, 4.69) is 23.9 Å². The number of rotatable bonds is 8. The van der Waals surface area contributed by atoms with Gasteiger partial charge in [0, 0.05) is 32.9 Å². The molecule has 2 atom stereocenters. The number of hydrogen-bond acceptors (Lipinski definition) is 7. The van der Waals surface area contributed by atoms with Gasteiger partial charge in [-0.05, 0) is 39.0 Å². The summed E-state index contributed by atoms with van der Waals surface area (Å²) in [7, 11) is 0. The van der Waals surface area contributed by atoms with Gasteiger partial charge in [0.15, 0.2) is 0 Å². The second-order valence-corrected chi connectivity index (χ2v) is 13.0. The zero-order valence-electron chi connectivity index (χ0n) is 21.7. The number of carbonyl (C=O) groups is 1. The van der Waals surface area contributed by atoms with E-state index < -0.39 is 16.7 Å². The van der Waals surface area contributed by atoms with Crippen LogP contribution in [0.3, 0.4) is 0 Å². The SMILES string of the molecule is CCOC(=O)CCc1sc(C(C)(C)C2C(Cl)CC(n3ncc(=O)[nH]c3=O)CC2Cl)nc1C1CCCCC1. The van der Waals surface area contributed by atoms with E-state index in [1.54, 1.807) is 11.3 Å². The molecule has 0 aromatic carbocycles. The molecule has 204 valence electrons. The van der Waals surface area contributed by atoms with Crippen molar-refractivity contribution in [3.05, 3.63) is 42.6 Å². The number of nitrogens with zero attached hydrogens (tertiary/aromatic N) is 3. The lowest BCUT2D eigenvalue weighted by Gasteiger charge is -2.44. The summed E-state index contributed by atoms with van der Waals surface area (Å²) in [5, 5.41) is 4.38. The van der Waals surface area contributed by atoms with Gasteiger partial charge in [-0.3, -0.25) is 14.6 Å². The Bertz CT molecular complexity index is 1190. The van der Waals surface area contributed by atoms with Gasteiger partial charge in [-0.1, -0.05) is 33.1 Å². The first-order valence-corrected chi connectivity index (χ1v) is 14.9. The molecular formula is C26H36Cl2N4O4S. The molecule has 0 amide bonds. The predicted octanol–water partition coefficient (Wildman–Crippen LogP) is 5.08. The second-order valence-electron chi connectivity index (χ2n) is 10.8. The lowest BCUT2D eigenvalue weighted by Crippen LogP contribution is -2.48. The van der Waals surface area contributed by atoms with Crippen molar-refractivity contribution in [3.63, 3.8) is 0 Å². The van der Waals surface area contributed by atoms with E-state index in [1.807, 2.05) is 6.92 Å². The molecule has 11 heteroatoms. The molecule has 2 fully saturated rings. The number of nitrogens with one attached hydrogen (secondary N) is 1. The van der Waals surface area contributed by atoms with Crippen molar-refractivity contribution in [3.8, 4) is 0 Å². The number of hydrogen-bond donors (Lipinski definition) is 1. The number of aromatic amines is 1. The number of halogens is 2. The van der Waals surface area contributed by atoms with Crippen molar-refractivity contribution in [2.45, 2.75) is 107 Å². The fourth-order valence-electron chi connectivity index (χ4n) is 5.97. The Kier molecular flexibility index (Phi) is 9.17. The summed E-state index contributed by atoms with van der Waals surface area (Å²) in [4.78, 5) is 44.5. The fourth-order valence-corrected chi connectivity index (χ4v) is 8.73. The molecule has 2 aromatic rings. The maximum absolute atomic E-state index is 12.3. The fraction of sp³-hybridized carbons (Fsp3) is 0.731. The van der Waals surface area contributed by atoms with Gasteiger partial charge in [0.25, 0.3) is 5.56 Å². The normalized spacial score (nSPS) is 25.2. The standard InChI is InChI=1S/C26H36Cl2N4O4S/c1-4-36-21(34)11-10-19-23(15-8-6-5-7-9-15)31-24(37-19)26(2,3)22-17(27)12-16(13-18(22)28)32-25(35)30-20(33)14-29-32/h14-18,22H,4-13H2,1-3H3,(H,30,33,35). The predicted molar refractivity (Wildman–Crippen MR) is 146 cm³/mol. The van der Waals surface area contributed by atoms with E-state index in [9.17, 15) is 14.4 Å². The number of H-pyrrole nitrogens is 1. The Morgan fingerprint density at radius 3 is 2.49 bits per heavy atom. The van der Waals surface area contributed by atoms with Crippen molar-refractivity contribution in [2.75, 3.05) is 6.61 Å². The number of esters is 1. The van der Waals surface area contributed by atoms with Crippen molar-refractivity contribution >= 4 is 40.5 Å². The van der Waals surface area contributed by atoms with Crippen LogP contribution < -0.4 is 11.2 Å². The van der Waals surface area contributed by atoms with Gasteiger partial charge >= 0.3 is 11.7 Å². The summed E-state index contributed by atoms with van der Waals surface area (Å²) >= 11 is 15.7. The van der Waals surface area contributed by atoms with E-state index in [0.29, 0.717) is 38.2 Å². The monoisotopic (exact) mass is 570 g/mol. The third-order valence-corrected chi connectivity index (χ3v) is 10.2. The number of alkyl halides is 2. The van der Waals surface area contributed by atoms with Crippen LogP contribution in [-0.2, 0) is 21.4 Å². The highest BCUT2D eigenvalue weighted by atomic mass is 35.5. The Morgan fingerprint density at radius 1 is 1.19 bits per heavy atom. The van der Waals surface area contributed by atoms with Gasteiger partial charge in [0.2, 0.25) is 0 Å². The first kappa shape index (κ1) is 28.3. The number of aromatic nitrogens is 4. The maximum Gasteiger partial charge on any atom is 0.345 e. The van der Waals surface area contributed by atoms with E-state index in [1.165, 1.54) is 23.9 Å². The second kappa shape index (κ2) is 12.0. The summed E-state index contributed by atoms with van der Waals surface area (Å²) in [6, 6.07) is -0.296. The lowest BCUT2D eigenvalue weighted by molar-refractivity contribution is -0.143. The maximum atomic E-state index is 12.3. The smallest absolute Gasteiger partial charge is 0.345 e. The largest absolute Gasteiger partial charge is 0.466 e. The van der Waals surface area contributed by atoms with Crippen LogP contribution in [0.5, 0.6) is 0 Å². The molecule has 1 N–H and O–H groups in total. The highest BCUT2D eigenvalue weighted by molar-refractivity contribution is 7.12. The molecule has 2 aliphatic rings. The molecular weight excluding hydrogens is 535 g/mol. The third kappa shape index (κ3) is 6.31. The molecule has 2 heterocycles. The van der Waals surface area contributed by atoms with Crippen molar-refractivity contribution in [2.24, 2.45) is 5.92 Å². The topological polar surface area (TPSA) is 107 Å². The Morgan fingerprint density at radius 2 is 1.86 bits per heavy atom. The summed E-state index contributed by atoms with van der Waals surface area (Å²) in [6.07, 6.45) is 9.00. The molecule has 0 saturated heterocycles. The first-order valence-electron chi connectivity index (χ1n) is 13.2.